The number of rotatable bonds is 2. The molecule has 0 amide bonds. The fourth-order valence-corrected chi connectivity index (χ4v) is 0.302. The Morgan fingerprint density at radius 2 is 2.50 bits per heavy atom. The van der Waals surface area contributed by atoms with Crippen LogP contribution in [0.5, 0.6) is 0 Å². The highest BCUT2D eigenvalue weighted by atomic mass is 32.1. The summed E-state index contributed by atoms with van der Waals surface area (Å²) in [5, 5.41) is -0.796. The standard InChI is InChI=1S/C4H9NO2S/c1-2-7-4(6)3(5)8/h3,8H,2,5H2,1H3. The molecule has 8 heavy (non-hydrogen) atoms. The second-order valence-corrected chi connectivity index (χ2v) is 1.75. The molecule has 0 aromatic carbocycles. The second kappa shape index (κ2) is 3.74. The summed E-state index contributed by atoms with van der Waals surface area (Å²) in [5.41, 5.74) is 5.01. The molecule has 1 unspecified atom stereocenters. The van der Waals surface area contributed by atoms with Crippen LogP contribution in [-0.2, 0) is 9.53 Å². The Morgan fingerprint density at radius 1 is 2.00 bits per heavy atom. The van der Waals surface area contributed by atoms with Crippen LogP contribution < -0.4 is 5.73 Å². The molecule has 48 valence electrons. The molecular weight excluding hydrogens is 126 g/mol. The van der Waals surface area contributed by atoms with E-state index in [2.05, 4.69) is 17.4 Å². The lowest BCUT2D eigenvalue weighted by atomic mass is 10.7. The van der Waals surface area contributed by atoms with Gasteiger partial charge in [-0.15, -0.1) is 12.6 Å². The van der Waals surface area contributed by atoms with Gasteiger partial charge in [0.1, 0.15) is 5.37 Å². The van der Waals surface area contributed by atoms with Gasteiger partial charge in [0.2, 0.25) is 0 Å². The van der Waals surface area contributed by atoms with E-state index in [1.165, 1.54) is 0 Å². The molecule has 1 atom stereocenters. The highest BCUT2D eigenvalue weighted by molar-refractivity contribution is 7.81. The highest BCUT2D eigenvalue weighted by Crippen LogP contribution is 1.87. The predicted octanol–water partition coefficient (Wildman–Crippen LogP) is -0.236. The van der Waals surface area contributed by atoms with E-state index in [9.17, 15) is 4.79 Å². The summed E-state index contributed by atoms with van der Waals surface area (Å²) in [4.78, 5) is 10.3. The molecule has 0 spiro atoms. The first kappa shape index (κ1) is 7.78. The summed E-state index contributed by atoms with van der Waals surface area (Å²) in [7, 11) is 0. The van der Waals surface area contributed by atoms with Gasteiger partial charge in [-0.1, -0.05) is 0 Å². The topological polar surface area (TPSA) is 52.3 Å². The third-order valence-electron chi connectivity index (χ3n) is 0.528. The van der Waals surface area contributed by atoms with Crippen molar-refractivity contribution in [1.82, 2.24) is 0 Å². The number of hydrogen-bond donors (Lipinski definition) is 2. The van der Waals surface area contributed by atoms with Crippen LogP contribution in [0.2, 0.25) is 0 Å². The van der Waals surface area contributed by atoms with Gasteiger partial charge in [-0.05, 0) is 6.92 Å². The van der Waals surface area contributed by atoms with E-state index in [4.69, 9.17) is 5.73 Å². The van der Waals surface area contributed by atoms with Gasteiger partial charge in [-0.3, -0.25) is 0 Å². The number of esters is 1. The van der Waals surface area contributed by atoms with E-state index >= 15 is 0 Å². The molecule has 0 bridgehead atoms. The van der Waals surface area contributed by atoms with Crippen molar-refractivity contribution in [3.8, 4) is 0 Å². The zero-order chi connectivity index (χ0) is 6.57. The smallest absolute Gasteiger partial charge is 0.333 e. The van der Waals surface area contributed by atoms with Crippen LogP contribution in [0.1, 0.15) is 6.92 Å². The average molecular weight is 135 g/mol. The third kappa shape index (κ3) is 2.87. The van der Waals surface area contributed by atoms with Crippen LogP contribution in [0.4, 0.5) is 0 Å². The highest BCUT2D eigenvalue weighted by Gasteiger charge is 2.06. The first-order valence-electron chi connectivity index (χ1n) is 2.28. The van der Waals surface area contributed by atoms with Crippen molar-refractivity contribution in [2.45, 2.75) is 12.3 Å². The molecule has 4 heteroatoms. The number of carbonyl (C=O) groups excluding carboxylic acids is 1. The van der Waals surface area contributed by atoms with E-state index in [0.717, 1.165) is 0 Å². The Balaban J connectivity index is 3.33. The molecule has 2 N–H and O–H groups in total. The van der Waals surface area contributed by atoms with Gasteiger partial charge in [0.25, 0.3) is 0 Å². The van der Waals surface area contributed by atoms with Crippen molar-refractivity contribution < 1.29 is 9.53 Å². The van der Waals surface area contributed by atoms with Crippen molar-refractivity contribution in [2.75, 3.05) is 6.61 Å². The van der Waals surface area contributed by atoms with E-state index in [1.807, 2.05) is 0 Å². The molecule has 0 aliphatic rings. The van der Waals surface area contributed by atoms with E-state index in [0.29, 0.717) is 6.61 Å². The Bertz CT molecular complexity index is 84.1. The lowest BCUT2D eigenvalue weighted by Gasteiger charge is -2.01. The van der Waals surface area contributed by atoms with E-state index in [1.54, 1.807) is 6.92 Å². The summed E-state index contributed by atoms with van der Waals surface area (Å²) in [6.07, 6.45) is 0. The predicted molar refractivity (Wildman–Crippen MR) is 33.6 cm³/mol. The summed E-state index contributed by atoms with van der Waals surface area (Å²) in [6, 6.07) is 0. The molecule has 0 aliphatic carbocycles. The molecule has 0 fully saturated rings. The monoisotopic (exact) mass is 135 g/mol. The number of hydrogen-bond acceptors (Lipinski definition) is 4. The lowest BCUT2D eigenvalue weighted by molar-refractivity contribution is -0.142. The molecule has 0 aromatic heterocycles. The minimum atomic E-state index is -0.796. The van der Waals surface area contributed by atoms with Gasteiger partial charge in [-0.2, -0.15) is 0 Å². The van der Waals surface area contributed by atoms with Crippen molar-refractivity contribution in [1.29, 1.82) is 0 Å². The van der Waals surface area contributed by atoms with Crippen LogP contribution in [0.3, 0.4) is 0 Å². The molecular formula is C4H9NO2S. The Kier molecular flexibility index (Phi) is 3.64. The molecule has 0 aromatic rings. The Morgan fingerprint density at radius 3 is 2.62 bits per heavy atom. The fourth-order valence-electron chi connectivity index (χ4n) is 0.228. The number of thiol groups is 1. The summed E-state index contributed by atoms with van der Waals surface area (Å²) >= 11 is 3.63. The maximum absolute atomic E-state index is 10.3. The van der Waals surface area contributed by atoms with Gasteiger partial charge in [0.05, 0.1) is 6.61 Å². The average Bonchev–Trinajstić information content (AvgIpc) is 1.67. The molecule has 0 saturated carbocycles. The van der Waals surface area contributed by atoms with Gasteiger partial charge in [-0.25, -0.2) is 4.79 Å². The first-order valence-corrected chi connectivity index (χ1v) is 2.80. The molecule has 3 nitrogen and oxygen atoms in total. The maximum atomic E-state index is 10.3. The van der Waals surface area contributed by atoms with Crippen LogP contribution in [-0.4, -0.2) is 18.0 Å². The fraction of sp³-hybridized carbons (Fsp3) is 0.750. The summed E-state index contributed by atoms with van der Waals surface area (Å²) < 4.78 is 4.46. The van der Waals surface area contributed by atoms with Crippen molar-refractivity contribution in [3.63, 3.8) is 0 Å². The van der Waals surface area contributed by atoms with Gasteiger partial charge in [0.15, 0.2) is 0 Å². The maximum Gasteiger partial charge on any atom is 0.333 e. The molecule has 0 saturated heterocycles. The molecule has 0 heterocycles. The van der Waals surface area contributed by atoms with Crippen molar-refractivity contribution in [2.24, 2.45) is 5.73 Å². The normalized spacial score (nSPS) is 12.9. The molecule has 0 rings (SSSR count). The first-order chi connectivity index (χ1) is 3.68. The largest absolute Gasteiger partial charge is 0.464 e. The lowest BCUT2D eigenvalue weighted by Crippen LogP contribution is -2.26. The minimum absolute atomic E-state index is 0.354. The van der Waals surface area contributed by atoms with Crippen LogP contribution >= 0.6 is 12.6 Å². The van der Waals surface area contributed by atoms with Crippen molar-refractivity contribution in [3.05, 3.63) is 0 Å². The van der Waals surface area contributed by atoms with Crippen LogP contribution in [0.25, 0.3) is 0 Å². The van der Waals surface area contributed by atoms with Crippen LogP contribution in [0.15, 0.2) is 0 Å². The van der Waals surface area contributed by atoms with E-state index < -0.39 is 11.3 Å². The third-order valence-corrected chi connectivity index (χ3v) is 0.739. The zero-order valence-electron chi connectivity index (χ0n) is 4.63. The number of ether oxygens (including phenoxy) is 1. The number of nitrogens with two attached hydrogens (primary N) is 1. The minimum Gasteiger partial charge on any atom is -0.464 e. The SMILES string of the molecule is CCOC(=O)C(N)S. The van der Waals surface area contributed by atoms with Gasteiger partial charge < -0.3 is 10.5 Å². The molecule has 0 aliphatic heterocycles. The Labute approximate surface area is 53.6 Å². The van der Waals surface area contributed by atoms with Gasteiger partial charge >= 0.3 is 5.97 Å². The van der Waals surface area contributed by atoms with E-state index in [-0.39, 0.29) is 0 Å². The number of carbonyl (C=O) groups is 1. The van der Waals surface area contributed by atoms with Gasteiger partial charge in [0, 0.05) is 0 Å². The molecule has 0 radical (unpaired) electrons. The summed E-state index contributed by atoms with van der Waals surface area (Å²) in [5.74, 6) is -0.476. The van der Waals surface area contributed by atoms with Crippen molar-refractivity contribution >= 4 is 18.6 Å². The second-order valence-electron chi connectivity index (χ2n) is 1.20. The quantitative estimate of drug-likeness (QED) is 0.312. The summed E-state index contributed by atoms with van der Waals surface area (Å²) in [6.45, 7) is 2.07. The van der Waals surface area contributed by atoms with Crippen LogP contribution in [0, 0.1) is 0 Å². The Hall–Kier alpha value is -0.220. The zero-order valence-corrected chi connectivity index (χ0v) is 5.52.